The highest BCUT2D eigenvalue weighted by molar-refractivity contribution is 6.31. The molecule has 104 valence electrons. The first-order chi connectivity index (χ1) is 9.67. The maximum absolute atomic E-state index is 6.10. The van der Waals surface area contributed by atoms with Gasteiger partial charge < -0.3 is 14.4 Å². The van der Waals surface area contributed by atoms with Gasteiger partial charge in [-0.1, -0.05) is 22.8 Å². The number of benzene rings is 1. The van der Waals surface area contributed by atoms with Crippen molar-refractivity contribution in [1.82, 2.24) is 20.0 Å². The third-order valence-corrected chi connectivity index (χ3v) is 3.40. The minimum Gasteiger partial charge on any atom is -0.338 e. The first-order valence-corrected chi connectivity index (χ1v) is 6.76. The van der Waals surface area contributed by atoms with Crippen molar-refractivity contribution in [3.63, 3.8) is 0 Å². The van der Waals surface area contributed by atoms with Crippen molar-refractivity contribution in [3.05, 3.63) is 46.7 Å². The zero-order valence-electron chi connectivity index (χ0n) is 11.4. The lowest BCUT2D eigenvalue weighted by atomic mass is 10.2. The molecule has 0 aliphatic carbocycles. The van der Waals surface area contributed by atoms with E-state index in [1.165, 1.54) is 10.9 Å². The van der Waals surface area contributed by atoms with Crippen molar-refractivity contribution in [3.8, 4) is 0 Å². The average Bonchev–Trinajstić information content (AvgIpc) is 2.96. The topological polar surface area (TPSA) is 55.9 Å². The van der Waals surface area contributed by atoms with Crippen molar-refractivity contribution in [2.45, 2.75) is 20.0 Å². The Morgan fingerprint density at radius 3 is 2.95 bits per heavy atom. The fourth-order valence-corrected chi connectivity index (χ4v) is 2.52. The van der Waals surface area contributed by atoms with Crippen LogP contribution in [0.15, 0.2) is 28.9 Å². The van der Waals surface area contributed by atoms with E-state index in [0.29, 0.717) is 18.3 Å². The SMILES string of the molecule is CNCc1cn(Cc2nc(C)no2)c2cc(Cl)ccc12. The molecule has 0 unspecified atom stereocenters. The zero-order valence-corrected chi connectivity index (χ0v) is 12.1. The van der Waals surface area contributed by atoms with E-state index in [1.807, 2.05) is 32.2 Å². The molecular weight excluding hydrogens is 276 g/mol. The molecule has 3 rings (SSSR count). The van der Waals surface area contributed by atoms with E-state index in [-0.39, 0.29) is 0 Å². The molecule has 1 N–H and O–H groups in total. The van der Waals surface area contributed by atoms with Gasteiger partial charge in [-0.25, -0.2) is 0 Å². The van der Waals surface area contributed by atoms with Gasteiger partial charge >= 0.3 is 0 Å². The molecule has 5 nitrogen and oxygen atoms in total. The molecule has 0 saturated carbocycles. The summed E-state index contributed by atoms with van der Waals surface area (Å²) < 4.78 is 7.27. The Labute approximate surface area is 121 Å². The van der Waals surface area contributed by atoms with Crippen LogP contribution in [0.1, 0.15) is 17.3 Å². The molecule has 0 atom stereocenters. The van der Waals surface area contributed by atoms with Crippen LogP contribution in [0, 0.1) is 6.92 Å². The van der Waals surface area contributed by atoms with Gasteiger partial charge in [-0.2, -0.15) is 4.98 Å². The lowest BCUT2D eigenvalue weighted by molar-refractivity contribution is 0.369. The van der Waals surface area contributed by atoms with Crippen molar-refractivity contribution in [2.75, 3.05) is 7.05 Å². The Morgan fingerprint density at radius 2 is 2.25 bits per heavy atom. The van der Waals surface area contributed by atoms with Gasteiger partial charge in [0.15, 0.2) is 5.82 Å². The molecule has 6 heteroatoms. The standard InChI is InChI=1S/C14H15ClN4O/c1-9-17-14(20-18-9)8-19-7-10(6-16-2)12-4-3-11(15)5-13(12)19/h3-5,7,16H,6,8H2,1-2H3. The molecule has 2 heterocycles. The van der Waals surface area contributed by atoms with Gasteiger partial charge in [-0.3, -0.25) is 0 Å². The molecule has 1 aromatic carbocycles. The molecule has 3 aromatic rings. The van der Waals surface area contributed by atoms with Crippen LogP contribution < -0.4 is 5.32 Å². The van der Waals surface area contributed by atoms with E-state index in [9.17, 15) is 0 Å². The summed E-state index contributed by atoms with van der Waals surface area (Å²) in [6.07, 6.45) is 2.09. The summed E-state index contributed by atoms with van der Waals surface area (Å²) in [7, 11) is 1.93. The molecular formula is C14H15ClN4O. The van der Waals surface area contributed by atoms with Crippen LogP contribution in [0.3, 0.4) is 0 Å². The highest BCUT2D eigenvalue weighted by atomic mass is 35.5. The van der Waals surface area contributed by atoms with Gasteiger partial charge in [0.2, 0.25) is 5.89 Å². The molecule has 20 heavy (non-hydrogen) atoms. The van der Waals surface area contributed by atoms with E-state index in [1.54, 1.807) is 0 Å². The van der Waals surface area contributed by atoms with Crippen LogP contribution in [0.25, 0.3) is 10.9 Å². The number of halogens is 1. The Morgan fingerprint density at radius 1 is 1.40 bits per heavy atom. The molecule has 0 fully saturated rings. The Kier molecular flexibility index (Phi) is 3.46. The van der Waals surface area contributed by atoms with Crippen LogP contribution in [0.5, 0.6) is 0 Å². The number of aryl methyl sites for hydroxylation is 1. The Hall–Kier alpha value is -1.85. The number of hydrogen-bond donors (Lipinski definition) is 1. The Bertz CT molecular complexity index is 747. The smallest absolute Gasteiger partial charge is 0.246 e. The molecule has 0 aliphatic heterocycles. The van der Waals surface area contributed by atoms with Crippen molar-refractivity contribution in [2.24, 2.45) is 0 Å². The first-order valence-electron chi connectivity index (χ1n) is 6.38. The second kappa shape index (κ2) is 5.26. The van der Waals surface area contributed by atoms with Crippen LogP contribution in [-0.2, 0) is 13.1 Å². The molecule has 0 spiro atoms. The first kappa shape index (κ1) is 13.1. The normalized spacial score (nSPS) is 11.3. The van der Waals surface area contributed by atoms with Crippen LogP contribution in [0.4, 0.5) is 0 Å². The summed E-state index contributed by atoms with van der Waals surface area (Å²) in [6.45, 7) is 3.15. The van der Waals surface area contributed by atoms with Gasteiger partial charge in [-0.15, -0.1) is 0 Å². The van der Waals surface area contributed by atoms with Crippen LogP contribution >= 0.6 is 11.6 Å². The molecule has 0 aliphatic rings. The monoisotopic (exact) mass is 290 g/mol. The van der Waals surface area contributed by atoms with Crippen molar-refractivity contribution < 1.29 is 4.52 Å². The van der Waals surface area contributed by atoms with Crippen molar-refractivity contribution in [1.29, 1.82) is 0 Å². The number of hydrogen-bond acceptors (Lipinski definition) is 4. The predicted octanol–water partition coefficient (Wildman–Crippen LogP) is 2.75. The van der Waals surface area contributed by atoms with Crippen LogP contribution in [-0.4, -0.2) is 21.8 Å². The zero-order chi connectivity index (χ0) is 14.1. The van der Waals surface area contributed by atoms with E-state index < -0.39 is 0 Å². The quantitative estimate of drug-likeness (QED) is 0.803. The summed E-state index contributed by atoms with van der Waals surface area (Å²) >= 11 is 6.10. The number of fused-ring (bicyclic) bond motifs is 1. The highest BCUT2D eigenvalue weighted by Crippen LogP contribution is 2.25. The van der Waals surface area contributed by atoms with Crippen molar-refractivity contribution >= 4 is 22.5 Å². The third-order valence-electron chi connectivity index (χ3n) is 3.17. The average molecular weight is 291 g/mol. The predicted molar refractivity (Wildman–Crippen MR) is 77.8 cm³/mol. The van der Waals surface area contributed by atoms with Gasteiger partial charge in [-0.05, 0) is 31.7 Å². The minimum absolute atomic E-state index is 0.543. The number of nitrogens with one attached hydrogen (secondary N) is 1. The second-order valence-electron chi connectivity index (χ2n) is 4.71. The van der Waals surface area contributed by atoms with Gasteiger partial charge in [0.05, 0.1) is 5.52 Å². The fraction of sp³-hybridized carbons (Fsp3) is 0.286. The number of aromatic nitrogens is 3. The lowest BCUT2D eigenvalue weighted by Crippen LogP contribution is -2.04. The minimum atomic E-state index is 0.543. The summed E-state index contributed by atoms with van der Waals surface area (Å²) in [5.74, 6) is 1.24. The fourth-order valence-electron chi connectivity index (χ4n) is 2.35. The second-order valence-corrected chi connectivity index (χ2v) is 5.15. The lowest BCUT2D eigenvalue weighted by Gasteiger charge is -2.01. The van der Waals surface area contributed by atoms with E-state index >= 15 is 0 Å². The van der Waals surface area contributed by atoms with E-state index in [2.05, 4.69) is 26.2 Å². The molecule has 0 amide bonds. The summed E-state index contributed by atoms with van der Waals surface area (Å²) in [4.78, 5) is 4.24. The maximum Gasteiger partial charge on any atom is 0.246 e. The largest absolute Gasteiger partial charge is 0.338 e. The number of rotatable bonds is 4. The van der Waals surface area contributed by atoms with Gasteiger partial charge in [0.1, 0.15) is 6.54 Å². The third kappa shape index (κ3) is 2.42. The molecule has 0 saturated heterocycles. The highest BCUT2D eigenvalue weighted by Gasteiger charge is 2.11. The molecule has 0 radical (unpaired) electrons. The maximum atomic E-state index is 6.10. The van der Waals surface area contributed by atoms with Gasteiger partial charge in [0.25, 0.3) is 0 Å². The van der Waals surface area contributed by atoms with Crippen LogP contribution in [0.2, 0.25) is 5.02 Å². The number of nitrogens with zero attached hydrogens (tertiary/aromatic N) is 3. The van der Waals surface area contributed by atoms with E-state index in [0.717, 1.165) is 17.1 Å². The van der Waals surface area contributed by atoms with E-state index in [4.69, 9.17) is 16.1 Å². The molecule has 2 aromatic heterocycles. The summed E-state index contributed by atoms with van der Waals surface area (Å²) in [6, 6.07) is 5.91. The Balaban J connectivity index is 2.06. The summed E-state index contributed by atoms with van der Waals surface area (Å²) in [5.41, 5.74) is 2.29. The molecule has 0 bridgehead atoms. The van der Waals surface area contributed by atoms with Gasteiger partial charge in [0, 0.05) is 23.2 Å². The summed E-state index contributed by atoms with van der Waals surface area (Å²) in [5, 5.41) is 8.89.